The lowest BCUT2D eigenvalue weighted by Crippen LogP contribution is -2.28. The summed E-state index contributed by atoms with van der Waals surface area (Å²) >= 11 is 0. The normalized spacial score (nSPS) is 11.1. The van der Waals surface area contributed by atoms with E-state index in [9.17, 15) is 4.79 Å². The van der Waals surface area contributed by atoms with Crippen molar-refractivity contribution in [2.24, 2.45) is 0 Å². The first-order chi connectivity index (χ1) is 10.6. The first-order valence-electron chi connectivity index (χ1n) is 7.32. The minimum atomic E-state index is 0.00836. The molecule has 2 heteroatoms. The van der Waals surface area contributed by atoms with E-state index in [0.717, 1.165) is 22.4 Å². The van der Waals surface area contributed by atoms with E-state index in [1.165, 1.54) is 0 Å². The van der Waals surface area contributed by atoms with Crippen LogP contribution in [0.15, 0.2) is 78.5 Å². The van der Waals surface area contributed by atoms with Crippen LogP contribution >= 0.6 is 0 Å². The first-order valence-corrected chi connectivity index (χ1v) is 7.32. The molecule has 2 aromatic rings. The van der Waals surface area contributed by atoms with E-state index in [-0.39, 0.29) is 5.91 Å². The number of carbonyl (C=O) groups is 1. The van der Waals surface area contributed by atoms with Gasteiger partial charge in [-0.3, -0.25) is 4.79 Å². The Morgan fingerprint density at radius 3 is 2.05 bits per heavy atom. The third-order valence-corrected chi connectivity index (χ3v) is 3.39. The average Bonchev–Trinajstić information content (AvgIpc) is 2.52. The molecule has 0 N–H and O–H groups in total. The van der Waals surface area contributed by atoms with Gasteiger partial charge in [-0.25, -0.2) is 0 Å². The van der Waals surface area contributed by atoms with Crippen LogP contribution in [0.1, 0.15) is 25.0 Å². The largest absolute Gasteiger partial charge is 0.308 e. The molecule has 0 radical (unpaired) electrons. The van der Waals surface area contributed by atoms with Gasteiger partial charge in [0.1, 0.15) is 0 Å². The Morgan fingerprint density at radius 1 is 1.00 bits per heavy atom. The van der Waals surface area contributed by atoms with Gasteiger partial charge in [0.05, 0.1) is 6.54 Å². The Morgan fingerprint density at radius 2 is 1.55 bits per heavy atom. The summed E-state index contributed by atoms with van der Waals surface area (Å²) in [6.07, 6.45) is 2.01. The number of benzene rings is 2. The van der Waals surface area contributed by atoms with Gasteiger partial charge in [-0.05, 0) is 29.7 Å². The zero-order valence-electron chi connectivity index (χ0n) is 13.1. The Labute approximate surface area is 132 Å². The number of carbonyl (C=O) groups excluding carboxylic acids is 1. The maximum Gasteiger partial charge on any atom is 0.224 e. The van der Waals surface area contributed by atoms with Crippen molar-refractivity contribution in [1.29, 1.82) is 0 Å². The van der Waals surface area contributed by atoms with Crippen LogP contribution in [0.25, 0.3) is 6.08 Å². The number of amides is 1. The molecule has 0 bridgehead atoms. The Bertz CT molecular complexity index is 671. The van der Waals surface area contributed by atoms with Crippen molar-refractivity contribution in [1.82, 2.24) is 4.90 Å². The van der Waals surface area contributed by atoms with Crippen LogP contribution < -0.4 is 0 Å². The molecular weight excluding hydrogens is 270 g/mol. The summed E-state index contributed by atoms with van der Waals surface area (Å²) in [5, 5.41) is 0. The molecule has 0 aromatic heterocycles. The van der Waals surface area contributed by atoms with Crippen LogP contribution in [-0.2, 0) is 11.3 Å². The second-order valence-corrected chi connectivity index (χ2v) is 5.31. The fourth-order valence-corrected chi connectivity index (χ4v) is 2.27. The monoisotopic (exact) mass is 291 g/mol. The third-order valence-electron chi connectivity index (χ3n) is 3.39. The number of allylic oxidation sites excluding steroid dienone is 1. The zero-order chi connectivity index (χ0) is 15.9. The van der Waals surface area contributed by atoms with E-state index >= 15 is 0 Å². The predicted octanol–water partition coefficient (Wildman–Crippen LogP) is 4.65. The van der Waals surface area contributed by atoms with Crippen molar-refractivity contribution < 1.29 is 4.79 Å². The lowest BCUT2D eigenvalue weighted by molar-refractivity contribution is -0.127. The lowest BCUT2D eigenvalue weighted by Gasteiger charge is -2.25. The summed E-state index contributed by atoms with van der Waals surface area (Å²) in [5.74, 6) is 0.00836. The standard InChI is InChI=1S/C20H21NO/c1-16(2)20(14-18-10-6-4-7-11-18)21(17(3)22)15-19-12-8-5-9-13-19/h4-14H,1,15H2,2-3H3/b20-14-. The molecule has 2 nitrogen and oxygen atoms in total. The van der Waals surface area contributed by atoms with Gasteiger partial charge in [0.15, 0.2) is 0 Å². The summed E-state index contributed by atoms with van der Waals surface area (Å²) in [6, 6.07) is 20.0. The smallest absolute Gasteiger partial charge is 0.224 e. The van der Waals surface area contributed by atoms with Crippen LogP contribution in [0, 0.1) is 0 Å². The number of hydrogen-bond acceptors (Lipinski definition) is 1. The van der Waals surface area contributed by atoms with Gasteiger partial charge in [0.2, 0.25) is 5.91 Å². The fraction of sp³-hybridized carbons (Fsp3) is 0.150. The molecule has 0 fully saturated rings. The van der Waals surface area contributed by atoms with Gasteiger partial charge in [0.25, 0.3) is 0 Å². The molecule has 1 amide bonds. The summed E-state index contributed by atoms with van der Waals surface area (Å²) in [6.45, 7) is 8.09. The molecule has 2 aromatic carbocycles. The second kappa shape index (κ2) is 7.41. The minimum Gasteiger partial charge on any atom is -0.308 e. The van der Waals surface area contributed by atoms with Crippen molar-refractivity contribution in [2.75, 3.05) is 0 Å². The first kappa shape index (κ1) is 15.8. The molecule has 0 unspecified atom stereocenters. The highest BCUT2D eigenvalue weighted by Crippen LogP contribution is 2.20. The molecule has 0 saturated carbocycles. The summed E-state index contributed by atoms with van der Waals surface area (Å²) in [4.78, 5) is 13.9. The summed E-state index contributed by atoms with van der Waals surface area (Å²) in [7, 11) is 0. The van der Waals surface area contributed by atoms with Gasteiger partial charge >= 0.3 is 0 Å². The summed E-state index contributed by atoms with van der Waals surface area (Å²) in [5.41, 5.74) is 3.87. The number of rotatable bonds is 5. The van der Waals surface area contributed by atoms with E-state index in [2.05, 4.69) is 6.58 Å². The quantitative estimate of drug-likeness (QED) is 0.734. The van der Waals surface area contributed by atoms with Crippen LogP contribution in [-0.4, -0.2) is 10.8 Å². The van der Waals surface area contributed by atoms with Crippen LogP contribution in [0.5, 0.6) is 0 Å². The highest BCUT2D eigenvalue weighted by molar-refractivity contribution is 5.78. The van der Waals surface area contributed by atoms with Gasteiger partial charge in [-0.2, -0.15) is 0 Å². The lowest BCUT2D eigenvalue weighted by atomic mass is 10.1. The zero-order valence-corrected chi connectivity index (χ0v) is 13.1. The van der Waals surface area contributed by atoms with Gasteiger partial charge < -0.3 is 4.90 Å². The molecule has 0 aliphatic rings. The molecule has 0 heterocycles. The second-order valence-electron chi connectivity index (χ2n) is 5.31. The van der Waals surface area contributed by atoms with Crippen molar-refractivity contribution >= 4 is 12.0 Å². The Balaban J connectivity index is 2.36. The van der Waals surface area contributed by atoms with Gasteiger partial charge in [-0.1, -0.05) is 67.2 Å². The fourth-order valence-electron chi connectivity index (χ4n) is 2.27. The van der Waals surface area contributed by atoms with E-state index in [0.29, 0.717) is 6.54 Å². The molecule has 22 heavy (non-hydrogen) atoms. The van der Waals surface area contributed by atoms with Crippen molar-refractivity contribution in [3.05, 3.63) is 89.6 Å². The van der Waals surface area contributed by atoms with Crippen LogP contribution in [0.4, 0.5) is 0 Å². The van der Waals surface area contributed by atoms with E-state index in [4.69, 9.17) is 0 Å². The molecule has 0 aliphatic heterocycles. The van der Waals surface area contributed by atoms with Gasteiger partial charge in [-0.15, -0.1) is 0 Å². The molecule has 0 aliphatic carbocycles. The van der Waals surface area contributed by atoms with E-state index in [1.54, 1.807) is 11.8 Å². The van der Waals surface area contributed by atoms with Crippen molar-refractivity contribution in [3.8, 4) is 0 Å². The SMILES string of the molecule is C=C(C)/C(=C/c1ccccc1)N(Cc1ccccc1)C(C)=O. The Hall–Kier alpha value is -2.61. The topological polar surface area (TPSA) is 20.3 Å². The molecule has 0 spiro atoms. The molecule has 2 rings (SSSR count). The van der Waals surface area contributed by atoms with E-state index < -0.39 is 0 Å². The highest BCUT2D eigenvalue weighted by atomic mass is 16.2. The van der Waals surface area contributed by atoms with E-state index in [1.807, 2.05) is 73.7 Å². The maximum absolute atomic E-state index is 12.1. The molecular formula is C20H21NO. The van der Waals surface area contributed by atoms with Crippen LogP contribution in [0.2, 0.25) is 0 Å². The van der Waals surface area contributed by atoms with Crippen LogP contribution in [0.3, 0.4) is 0 Å². The minimum absolute atomic E-state index is 0.00836. The van der Waals surface area contributed by atoms with Crippen molar-refractivity contribution in [3.63, 3.8) is 0 Å². The predicted molar refractivity (Wildman–Crippen MR) is 91.9 cm³/mol. The third kappa shape index (κ3) is 4.19. The highest BCUT2D eigenvalue weighted by Gasteiger charge is 2.15. The molecule has 0 atom stereocenters. The Kier molecular flexibility index (Phi) is 5.31. The summed E-state index contributed by atoms with van der Waals surface area (Å²) < 4.78 is 0. The number of nitrogens with zero attached hydrogens (tertiary/aromatic N) is 1. The number of hydrogen-bond donors (Lipinski definition) is 0. The average molecular weight is 291 g/mol. The molecule has 112 valence electrons. The molecule has 0 saturated heterocycles. The van der Waals surface area contributed by atoms with Gasteiger partial charge in [0, 0.05) is 12.6 Å². The van der Waals surface area contributed by atoms with Crippen molar-refractivity contribution in [2.45, 2.75) is 20.4 Å². The maximum atomic E-state index is 12.1.